The van der Waals surface area contributed by atoms with Crippen LogP contribution in [-0.4, -0.2) is 4.57 Å². The summed E-state index contributed by atoms with van der Waals surface area (Å²) in [6, 6.07) is 22.0. The third kappa shape index (κ3) is 2.85. The Bertz CT molecular complexity index is 961. The van der Waals surface area contributed by atoms with Crippen molar-refractivity contribution >= 4 is 11.0 Å². The number of rotatable bonds is 2. The normalized spacial score (nSPS) is 11.2. The summed E-state index contributed by atoms with van der Waals surface area (Å²) in [4.78, 5) is 0. The summed E-state index contributed by atoms with van der Waals surface area (Å²) >= 11 is 0. The standard InChI is InChI=1S/C23H23N2/c1-16-9-17(2)12-20(11-16)24-15-25(23-8-6-5-7-22(23)24)21-13-18(3)10-19(4)14-21/h5-15H,1-4H3/q+1. The minimum atomic E-state index is 1.21. The van der Waals surface area contributed by atoms with Crippen LogP contribution in [0.5, 0.6) is 0 Å². The predicted molar refractivity (Wildman–Crippen MR) is 104 cm³/mol. The maximum absolute atomic E-state index is 2.28. The lowest BCUT2D eigenvalue weighted by Crippen LogP contribution is -2.29. The zero-order valence-electron chi connectivity index (χ0n) is 15.2. The Labute approximate surface area is 149 Å². The first-order valence-corrected chi connectivity index (χ1v) is 8.70. The molecule has 0 radical (unpaired) electrons. The van der Waals surface area contributed by atoms with E-state index in [1.807, 2.05) is 0 Å². The first-order valence-electron chi connectivity index (χ1n) is 8.70. The Morgan fingerprint density at radius 2 is 1.24 bits per heavy atom. The van der Waals surface area contributed by atoms with Gasteiger partial charge in [0.25, 0.3) is 6.33 Å². The number of nitrogens with zero attached hydrogens (tertiary/aromatic N) is 2. The molecule has 0 atom stereocenters. The number of hydrogen-bond donors (Lipinski definition) is 0. The highest BCUT2D eigenvalue weighted by Crippen LogP contribution is 2.21. The van der Waals surface area contributed by atoms with Crippen LogP contribution >= 0.6 is 0 Å². The number of imidazole rings is 1. The second kappa shape index (κ2) is 5.89. The lowest BCUT2D eigenvalue weighted by molar-refractivity contribution is -0.567. The highest BCUT2D eigenvalue weighted by Gasteiger charge is 2.19. The average molecular weight is 327 g/mol. The molecule has 1 heterocycles. The molecule has 0 saturated carbocycles. The molecule has 4 aromatic rings. The summed E-state index contributed by atoms with van der Waals surface area (Å²) in [5.41, 5.74) is 9.97. The number of para-hydroxylation sites is 2. The summed E-state index contributed by atoms with van der Waals surface area (Å²) in [7, 11) is 0. The summed E-state index contributed by atoms with van der Waals surface area (Å²) in [5.74, 6) is 0. The van der Waals surface area contributed by atoms with E-state index in [4.69, 9.17) is 0 Å². The van der Waals surface area contributed by atoms with Crippen molar-refractivity contribution in [2.24, 2.45) is 0 Å². The fourth-order valence-corrected chi connectivity index (χ4v) is 3.70. The van der Waals surface area contributed by atoms with Crippen LogP contribution in [0.3, 0.4) is 0 Å². The summed E-state index contributed by atoms with van der Waals surface area (Å²) in [6.07, 6.45) is 2.20. The molecule has 0 unspecified atom stereocenters. The first-order chi connectivity index (χ1) is 12.0. The Balaban J connectivity index is 2.01. The van der Waals surface area contributed by atoms with Gasteiger partial charge in [-0.3, -0.25) is 0 Å². The number of benzene rings is 3. The van der Waals surface area contributed by atoms with Crippen LogP contribution in [0.25, 0.3) is 22.4 Å². The van der Waals surface area contributed by atoms with E-state index in [-0.39, 0.29) is 0 Å². The number of aromatic nitrogens is 2. The lowest BCUT2D eigenvalue weighted by Gasteiger charge is -2.02. The van der Waals surface area contributed by atoms with Crippen LogP contribution in [0.2, 0.25) is 0 Å². The molecule has 25 heavy (non-hydrogen) atoms. The van der Waals surface area contributed by atoms with Crippen LogP contribution in [0.15, 0.2) is 67.0 Å². The van der Waals surface area contributed by atoms with Crippen LogP contribution in [0, 0.1) is 27.7 Å². The van der Waals surface area contributed by atoms with Gasteiger partial charge >= 0.3 is 0 Å². The van der Waals surface area contributed by atoms with Gasteiger partial charge in [0.15, 0.2) is 11.0 Å². The van der Waals surface area contributed by atoms with Crippen molar-refractivity contribution in [3.63, 3.8) is 0 Å². The van der Waals surface area contributed by atoms with Crippen molar-refractivity contribution in [3.8, 4) is 11.4 Å². The van der Waals surface area contributed by atoms with Crippen molar-refractivity contribution in [1.82, 2.24) is 4.57 Å². The Hall–Kier alpha value is -2.87. The van der Waals surface area contributed by atoms with E-state index in [2.05, 4.69) is 104 Å². The van der Waals surface area contributed by atoms with Gasteiger partial charge in [0.1, 0.15) is 11.4 Å². The molecular formula is C23H23N2+. The Morgan fingerprint density at radius 1 is 0.680 bits per heavy atom. The molecule has 0 aliphatic rings. The van der Waals surface area contributed by atoms with Crippen LogP contribution in [0.4, 0.5) is 0 Å². The van der Waals surface area contributed by atoms with Gasteiger partial charge in [-0.2, -0.15) is 9.13 Å². The molecule has 2 nitrogen and oxygen atoms in total. The van der Waals surface area contributed by atoms with Gasteiger partial charge in [-0.15, -0.1) is 0 Å². The molecule has 0 aliphatic carbocycles. The summed E-state index contributed by atoms with van der Waals surface area (Å²) < 4.78 is 4.57. The van der Waals surface area contributed by atoms with Crippen molar-refractivity contribution in [2.75, 3.05) is 0 Å². The number of hydrogen-bond acceptors (Lipinski definition) is 0. The third-order valence-corrected chi connectivity index (χ3v) is 4.60. The smallest absolute Gasteiger partial charge is 0.195 e. The van der Waals surface area contributed by atoms with Crippen molar-refractivity contribution in [1.29, 1.82) is 0 Å². The van der Waals surface area contributed by atoms with E-state index >= 15 is 0 Å². The van der Waals surface area contributed by atoms with E-state index in [0.717, 1.165) is 0 Å². The predicted octanol–water partition coefficient (Wildman–Crippen LogP) is 5.14. The zero-order chi connectivity index (χ0) is 17.6. The minimum Gasteiger partial charge on any atom is -0.195 e. The van der Waals surface area contributed by atoms with Gasteiger partial charge in [-0.05, 0) is 86.3 Å². The SMILES string of the molecule is Cc1cc(C)cc(-n2c[n+](-c3cc(C)cc(C)c3)c3ccccc32)c1. The van der Waals surface area contributed by atoms with Gasteiger partial charge in [0.05, 0.1) is 0 Å². The average Bonchev–Trinajstić information content (AvgIpc) is 2.93. The number of aryl methyl sites for hydroxylation is 4. The fraction of sp³-hybridized carbons (Fsp3) is 0.174. The van der Waals surface area contributed by atoms with Crippen molar-refractivity contribution in [2.45, 2.75) is 27.7 Å². The lowest BCUT2D eigenvalue weighted by atomic mass is 10.1. The second-order valence-corrected chi connectivity index (χ2v) is 7.04. The Kier molecular flexibility index (Phi) is 3.69. The van der Waals surface area contributed by atoms with Crippen LogP contribution in [0.1, 0.15) is 22.3 Å². The van der Waals surface area contributed by atoms with Gasteiger partial charge in [0, 0.05) is 0 Å². The molecule has 2 heteroatoms. The molecule has 0 saturated heterocycles. The molecule has 0 bridgehead atoms. The molecule has 3 aromatic carbocycles. The van der Waals surface area contributed by atoms with Gasteiger partial charge in [-0.1, -0.05) is 24.3 Å². The molecule has 0 amide bonds. The highest BCUT2D eigenvalue weighted by molar-refractivity contribution is 5.74. The van der Waals surface area contributed by atoms with Gasteiger partial charge < -0.3 is 0 Å². The maximum atomic E-state index is 2.28. The zero-order valence-corrected chi connectivity index (χ0v) is 15.2. The van der Waals surface area contributed by atoms with E-state index in [9.17, 15) is 0 Å². The largest absolute Gasteiger partial charge is 0.255 e. The summed E-state index contributed by atoms with van der Waals surface area (Å²) in [6.45, 7) is 8.61. The third-order valence-electron chi connectivity index (χ3n) is 4.60. The number of fused-ring (bicyclic) bond motifs is 1. The molecule has 1 aromatic heterocycles. The monoisotopic (exact) mass is 327 g/mol. The molecule has 124 valence electrons. The van der Waals surface area contributed by atoms with Crippen LogP contribution in [-0.2, 0) is 0 Å². The second-order valence-electron chi connectivity index (χ2n) is 7.04. The molecule has 0 aliphatic heterocycles. The van der Waals surface area contributed by atoms with Crippen LogP contribution < -0.4 is 4.57 Å². The quantitative estimate of drug-likeness (QED) is 0.451. The van der Waals surface area contributed by atoms with E-state index in [0.29, 0.717) is 0 Å². The van der Waals surface area contributed by atoms with E-state index in [1.54, 1.807) is 0 Å². The minimum absolute atomic E-state index is 1.21. The topological polar surface area (TPSA) is 8.81 Å². The van der Waals surface area contributed by atoms with E-state index in [1.165, 1.54) is 44.7 Å². The highest BCUT2D eigenvalue weighted by atomic mass is 15.1. The van der Waals surface area contributed by atoms with Crippen molar-refractivity contribution < 1.29 is 4.57 Å². The summed E-state index contributed by atoms with van der Waals surface area (Å²) in [5, 5.41) is 0. The molecule has 0 fully saturated rings. The van der Waals surface area contributed by atoms with Crippen molar-refractivity contribution in [3.05, 3.63) is 89.2 Å². The van der Waals surface area contributed by atoms with E-state index < -0.39 is 0 Å². The first kappa shape index (κ1) is 15.6. The van der Waals surface area contributed by atoms with Gasteiger partial charge in [0.2, 0.25) is 0 Å². The van der Waals surface area contributed by atoms with Gasteiger partial charge in [-0.25, -0.2) is 0 Å². The fourth-order valence-electron chi connectivity index (χ4n) is 3.70. The molecule has 0 spiro atoms. The maximum Gasteiger partial charge on any atom is 0.255 e. The Morgan fingerprint density at radius 3 is 1.88 bits per heavy atom. The molecule has 4 rings (SSSR count). The molecule has 0 N–H and O–H groups in total. The molecular weight excluding hydrogens is 304 g/mol.